The van der Waals surface area contributed by atoms with Gasteiger partial charge in [0.25, 0.3) is 5.56 Å². The average molecular weight is 466 g/mol. The first kappa shape index (κ1) is 22.4. The fourth-order valence-corrected chi connectivity index (χ4v) is 5.55. The molecule has 5 rings (SSSR count). The molecule has 0 bridgehead atoms. The van der Waals surface area contributed by atoms with E-state index in [9.17, 15) is 23.5 Å². The number of fused-ring (bicyclic) bond motifs is 3. The summed E-state index contributed by atoms with van der Waals surface area (Å²) >= 11 is 0. The van der Waals surface area contributed by atoms with Gasteiger partial charge in [-0.25, -0.2) is 8.78 Å². The molecule has 4 atom stereocenters. The van der Waals surface area contributed by atoms with Gasteiger partial charge in [-0.15, -0.1) is 0 Å². The SMILES string of the molecule is CN1[C@@H]2c3ccc(-c4ccccc4F)c(=O)n3C[C@@H]2[C@@H](CO)[C@@H]1C(=O)NCc1ccc(F)cc1. The minimum atomic E-state index is -0.574. The molecule has 6 nitrogen and oxygen atoms in total. The summed E-state index contributed by atoms with van der Waals surface area (Å²) in [5.41, 5.74) is 1.79. The lowest BCUT2D eigenvalue weighted by Gasteiger charge is -2.27. The van der Waals surface area contributed by atoms with Crippen molar-refractivity contribution in [1.82, 2.24) is 14.8 Å². The van der Waals surface area contributed by atoms with Crippen molar-refractivity contribution in [3.05, 3.63) is 93.9 Å². The highest BCUT2D eigenvalue weighted by Crippen LogP contribution is 2.48. The highest BCUT2D eigenvalue weighted by atomic mass is 19.1. The lowest BCUT2D eigenvalue weighted by atomic mass is 9.88. The van der Waals surface area contributed by atoms with Gasteiger partial charge in [-0.2, -0.15) is 0 Å². The molecule has 34 heavy (non-hydrogen) atoms. The van der Waals surface area contributed by atoms with E-state index in [4.69, 9.17) is 0 Å². The van der Waals surface area contributed by atoms with Crippen molar-refractivity contribution >= 4 is 5.91 Å². The normalized spacial score (nSPS) is 23.5. The molecule has 0 saturated carbocycles. The Morgan fingerprint density at radius 3 is 2.50 bits per heavy atom. The Balaban J connectivity index is 1.41. The van der Waals surface area contributed by atoms with Crippen LogP contribution in [0.2, 0.25) is 0 Å². The molecule has 1 aromatic heterocycles. The standard InChI is InChI=1S/C26H25F2N3O3/c1-30-23-19(20(14-32)24(30)25(33)29-12-15-6-8-16(27)9-7-15)13-31-22(23)11-10-18(26(31)34)17-4-2-3-5-21(17)28/h2-11,19-20,23-24,32H,12-14H2,1H3,(H,29,33)/t19-,20-,23+,24-/m1/s1. The van der Waals surface area contributed by atoms with Crippen molar-refractivity contribution in [2.75, 3.05) is 13.7 Å². The number of likely N-dealkylation sites (N-methyl/N-ethyl adjacent to an activating group) is 1. The van der Waals surface area contributed by atoms with Gasteiger partial charge in [0.2, 0.25) is 5.91 Å². The number of amides is 1. The van der Waals surface area contributed by atoms with E-state index in [-0.39, 0.29) is 53.9 Å². The van der Waals surface area contributed by atoms with Gasteiger partial charge in [0.1, 0.15) is 11.6 Å². The van der Waals surface area contributed by atoms with E-state index in [0.29, 0.717) is 12.1 Å². The number of rotatable bonds is 5. The van der Waals surface area contributed by atoms with Crippen LogP contribution in [0.15, 0.2) is 65.5 Å². The first-order valence-electron chi connectivity index (χ1n) is 11.2. The van der Waals surface area contributed by atoms with Crippen molar-refractivity contribution in [1.29, 1.82) is 0 Å². The number of aliphatic hydroxyl groups is 1. The molecule has 2 aromatic carbocycles. The topological polar surface area (TPSA) is 74.6 Å². The fourth-order valence-electron chi connectivity index (χ4n) is 5.55. The largest absolute Gasteiger partial charge is 0.396 e. The summed E-state index contributed by atoms with van der Waals surface area (Å²) in [4.78, 5) is 28.3. The lowest BCUT2D eigenvalue weighted by Crippen LogP contribution is -2.46. The first-order valence-corrected chi connectivity index (χ1v) is 11.2. The second-order valence-corrected chi connectivity index (χ2v) is 8.98. The third-order valence-electron chi connectivity index (χ3n) is 7.17. The maximum atomic E-state index is 14.3. The molecule has 8 heteroatoms. The molecule has 176 valence electrons. The van der Waals surface area contributed by atoms with Gasteiger partial charge in [-0.05, 0) is 42.9 Å². The highest BCUT2D eigenvalue weighted by molar-refractivity contribution is 5.82. The maximum Gasteiger partial charge on any atom is 0.258 e. The van der Waals surface area contributed by atoms with Gasteiger partial charge in [0.15, 0.2) is 0 Å². The number of nitrogens with one attached hydrogen (secondary N) is 1. The Hall–Kier alpha value is -3.36. The highest BCUT2D eigenvalue weighted by Gasteiger charge is 2.54. The van der Waals surface area contributed by atoms with E-state index < -0.39 is 11.9 Å². The average Bonchev–Trinajstić information content (AvgIpc) is 3.35. The Labute approximate surface area is 195 Å². The van der Waals surface area contributed by atoms with Crippen LogP contribution in [0.25, 0.3) is 11.1 Å². The van der Waals surface area contributed by atoms with E-state index in [1.165, 1.54) is 18.2 Å². The Bertz CT molecular complexity index is 1290. The summed E-state index contributed by atoms with van der Waals surface area (Å²) in [5.74, 6) is -1.54. The summed E-state index contributed by atoms with van der Waals surface area (Å²) in [6.45, 7) is 0.389. The van der Waals surface area contributed by atoms with Crippen LogP contribution in [0.1, 0.15) is 17.3 Å². The molecule has 1 saturated heterocycles. The number of likely N-dealkylation sites (tertiary alicyclic amines) is 1. The molecule has 2 N–H and O–H groups in total. The summed E-state index contributed by atoms with van der Waals surface area (Å²) < 4.78 is 29.1. The Kier molecular flexibility index (Phi) is 5.79. The molecule has 0 radical (unpaired) electrons. The molecule has 3 aromatic rings. The number of hydrogen-bond donors (Lipinski definition) is 2. The minimum Gasteiger partial charge on any atom is -0.396 e. The number of hydrogen-bond acceptors (Lipinski definition) is 4. The maximum absolute atomic E-state index is 14.3. The number of carbonyl (C=O) groups is 1. The second-order valence-electron chi connectivity index (χ2n) is 8.98. The number of aliphatic hydroxyl groups excluding tert-OH is 1. The van der Waals surface area contributed by atoms with Crippen molar-refractivity contribution in [2.45, 2.75) is 25.2 Å². The van der Waals surface area contributed by atoms with Crippen LogP contribution < -0.4 is 10.9 Å². The smallest absolute Gasteiger partial charge is 0.258 e. The number of halogens is 2. The lowest BCUT2D eigenvalue weighted by molar-refractivity contribution is -0.127. The van der Waals surface area contributed by atoms with Crippen molar-refractivity contribution in [3.8, 4) is 11.1 Å². The quantitative estimate of drug-likeness (QED) is 0.608. The van der Waals surface area contributed by atoms with Gasteiger partial charge in [0, 0.05) is 42.8 Å². The molecule has 0 unspecified atom stereocenters. The molecular weight excluding hydrogens is 440 g/mol. The molecule has 3 heterocycles. The van der Waals surface area contributed by atoms with Crippen LogP contribution in [0, 0.1) is 23.5 Å². The summed E-state index contributed by atoms with van der Waals surface area (Å²) in [6, 6.07) is 14.7. The molecule has 2 aliphatic rings. The van der Waals surface area contributed by atoms with Crippen molar-refractivity contribution in [2.24, 2.45) is 11.8 Å². The summed E-state index contributed by atoms with van der Waals surface area (Å²) in [7, 11) is 1.82. The van der Waals surface area contributed by atoms with Crippen LogP contribution in [-0.2, 0) is 17.9 Å². The van der Waals surface area contributed by atoms with Crippen LogP contribution in [-0.4, -0.2) is 40.2 Å². The zero-order valence-electron chi connectivity index (χ0n) is 18.6. The van der Waals surface area contributed by atoms with Crippen LogP contribution in [0.5, 0.6) is 0 Å². The predicted octanol–water partition coefficient (Wildman–Crippen LogP) is 2.70. The Morgan fingerprint density at radius 2 is 1.79 bits per heavy atom. The first-order chi connectivity index (χ1) is 16.4. The third kappa shape index (κ3) is 3.63. The van der Waals surface area contributed by atoms with Gasteiger partial charge in [-0.3, -0.25) is 14.5 Å². The van der Waals surface area contributed by atoms with Crippen molar-refractivity contribution < 1.29 is 18.7 Å². The molecule has 1 fully saturated rings. The number of nitrogens with zero attached hydrogens (tertiary/aromatic N) is 2. The minimum absolute atomic E-state index is 0.139. The van der Waals surface area contributed by atoms with Gasteiger partial charge < -0.3 is 15.0 Å². The summed E-state index contributed by atoms with van der Waals surface area (Å²) in [6.07, 6.45) is 0. The van der Waals surface area contributed by atoms with Gasteiger partial charge in [0.05, 0.1) is 17.6 Å². The molecule has 0 spiro atoms. The third-order valence-corrected chi connectivity index (χ3v) is 7.17. The zero-order chi connectivity index (χ0) is 24.0. The van der Waals surface area contributed by atoms with E-state index >= 15 is 0 Å². The monoisotopic (exact) mass is 465 g/mol. The molecule has 0 aliphatic carbocycles. The van der Waals surface area contributed by atoms with Crippen molar-refractivity contribution in [3.63, 3.8) is 0 Å². The number of aromatic nitrogens is 1. The number of carbonyl (C=O) groups excluding carboxylic acids is 1. The Morgan fingerprint density at radius 1 is 1.06 bits per heavy atom. The molecule has 2 aliphatic heterocycles. The van der Waals surface area contributed by atoms with E-state index in [0.717, 1.165) is 11.3 Å². The zero-order valence-corrected chi connectivity index (χ0v) is 18.6. The van der Waals surface area contributed by atoms with Crippen LogP contribution >= 0.6 is 0 Å². The van der Waals surface area contributed by atoms with Crippen LogP contribution in [0.4, 0.5) is 8.78 Å². The van der Waals surface area contributed by atoms with Crippen LogP contribution in [0.3, 0.4) is 0 Å². The van der Waals surface area contributed by atoms with Gasteiger partial charge in [-0.1, -0.05) is 30.3 Å². The fraction of sp³-hybridized carbons (Fsp3) is 0.308. The van der Waals surface area contributed by atoms with Gasteiger partial charge >= 0.3 is 0 Å². The van der Waals surface area contributed by atoms with E-state index in [2.05, 4.69) is 5.32 Å². The van der Waals surface area contributed by atoms with E-state index in [1.807, 2.05) is 18.0 Å². The second kappa shape index (κ2) is 8.77. The predicted molar refractivity (Wildman–Crippen MR) is 123 cm³/mol. The number of pyridine rings is 1. The molecule has 1 amide bonds. The number of benzene rings is 2. The molecular formula is C26H25F2N3O3. The van der Waals surface area contributed by atoms with E-state index in [1.54, 1.807) is 41.0 Å². The summed E-state index contributed by atoms with van der Waals surface area (Å²) in [5, 5.41) is 13.1.